The molecule has 1 fully saturated rings. The number of benzene rings is 1. The van der Waals surface area contributed by atoms with Gasteiger partial charge in [-0.1, -0.05) is 19.1 Å². The highest BCUT2D eigenvalue weighted by Crippen LogP contribution is 2.23. The molecule has 0 bridgehead atoms. The van der Waals surface area contributed by atoms with E-state index in [1.54, 1.807) is 0 Å². The monoisotopic (exact) mass is 303 g/mol. The third-order valence-corrected chi connectivity index (χ3v) is 4.20. The smallest absolute Gasteiger partial charge is 0.227 e. The molecule has 0 radical (unpaired) electrons. The van der Waals surface area contributed by atoms with Gasteiger partial charge in [0.1, 0.15) is 0 Å². The second-order valence-electron chi connectivity index (χ2n) is 6.16. The van der Waals surface area contributed by atoms with E-state index < -0.39 is 0 Å². The van der Waals surface area contributed by atoms with Gasteiger partial charge in [0.2, 0.25) is 11.8 Å². The lowest BCUT2D eigenvalue weighted by molar-refractivity contribution is -0.134. The third-order valence-electron chi connectivity index (χ3n) is 4.20. The van der Waals surface area contributed by atoms with Crippen molar-refractivity contribution in [3.05, 3.63) is 29.8 Å². The second kappa shape index (κ2) is 7.40. The fourth-order valence-electron chi connectivity index (χ4n) is 2.99. The Balaban J connectivity index is 1.97. The van der Waals surface area contributed by atoms with Gasteiger partial charge < -0.3 is 16.0 Å². The Kier molecular flexibility index (Phi) is 5.55. The number of carbonyl (C=O) groups is 2. The lowest BCUT2D eigenvalue weighted by atomic mass is 9.92. The van der Waals surface area contributed by atoms with Gasteiger partial charge in [-0.25, -0.2) is 0 Å². The summed E-state index contributed by atoms with van der Waals surface area (Å²) < 4.78 is 0. The number of anilines is 1. The topological polar surface area (TPSA) is 75.4 Å². The second-order valence-corrected chi connectivity index (χ2v) is 6.16. The number of nitrogens with one attached hydrogen (secondary N) is 1. The van der Waals surface area contributed by atoms with Gasteiger partial charge in [-0.05, 0) is 36.5 Å². The first-order valence-corrected chi connectivity index (χ1v) is 7.85. The molecule has 1 heterocycles. The van der Waals surface area contributed by atoms with E-state index in [4.69, 9.17) is 5.73 Å². The lowest BCUT2D eigenvalue weighted by Gasteiger charge is -2.38. The molecule has 0 spiro atoms. The normalized spacial score (nSPS) is 21.5. The van der Waals surface area contributed by atoms with E-state index in [2.05, 4.69) is 12.2 Å². The number of hydrogen-bond donors (Lipinski definition) is 2. The molecule has 2 amide bonds. The van der Waals surface area contributed by atoms with E-state index in [0.717, 1.165) is 30.6 Å². The van der Waals surface area contributed by atoms with E-state index >= 15 is 0 Å². The van der Waals surface area contributed by atoms with Crippen molar-refractivity contribution in [1.82, 2.24) is 4.90 Å². The van der Waals surface area contributed by atoms with Crippen molar-refractivity contribution in [3.63, 3.8) is 0 Å². The number of likely N-dealkylation sites (tertiary alicyclic amines) is 1. The third kappa shape index (κ3) is 4.31. The van der Waals surface area contributed by atoms with Crippen LogP contribution in [-0.2, 0) is 16.0 Å². The van der Waals surface area contributed by atoms with Crippen LogP contribution in [0, 0.1) is 5.92 Å². The Bertz CT molecular complexity index is 527. The van der Waals surface area contributed by atoms with Crippen molar-refractivity contribution < 1.29 is 9.59 Å². The summed E-state index contributed by atoms with van der Waals surface area (Å²) in [6, 6.07) is 7.57. The minimum atomic E-state index is -0.1000. The summed E-state index contributed by atoms with van der Waals surface area (Å²) in [5.41, 5.74) is 7.52. The Labute approximate surface area is 131 Å². The van der Waals surface area contributed by atoms with E-state index in [0.29, 0.717) is 18.9 Å². The van der Waals surface area contributed by atoms with Gasteiger partial charge in [0.05, 0.1) is 6.42 Å². The summed E-state index contributed by atoms with van der Waals surface area (Å²) in [6.45, 7) is 5.01. The summed E-state index contributed by atoms with van der Waals surface area (Å²) in [7, 11) is 0. The molecule has 5 nitrogen and oxygen atoms in total. The van der Waals surface area contributed by atoms with Crippen molar-refractivity contribution in [2.75, 3.05) is 18.4 Å². The highest BCUT2D eigenvalue weighted by molar-refractivity contribution is 5.88. The SMILES string of the molecule is CC(=O)Nc1ccc(CC(=O)N2CCC(C)CC2CN)cc1. The van der Waals surface area contributed by atoms with Gasteiger partial charge in [0.15, 0.2) is 0 Å². The molecule has 1 aliphatic rings. The van der Waals surface area contributed by atoms with Crippen molar-refractivity contribution in [2.24, 2.45) is 11.7 Å². The Hall–Kier alpha value is -1.88. The maximum absolute atomic E-state index is 12.5. The Morgan fingerprint density at radius 2 is 2.00 bits per heavy atom. The van der Waals surface area contributed by atoms with E-state index in [-0.39, 0.29) is 17.9 Å². The zero-order valence-electron chi connectivity index (χ0n) is 13.3. The minimum absolute atomic E-state index is 0.1000. The van der Waals surface area contributed by atoms with Crippen LogP contribution in [0.3, 0.4) is 0 Å². The van der Waals surface area contributed by atoms with Gasteiger partial charge in [-0.2, -0.15) is 0 Å². The molecule has 0 aromatic heterocycles. The molecule has 22 heavy (non-hydrogen) atoms. The number of nitrogens with zero attached hydrogens (tertiary/aromatic N) is 1. The van der Waals surface area contributed by atoms with Gasteiger partial charge in [-0.3, -0.25) is 9.59 Å². The highest BCUT2D eigenvalue weighted by Gasteiger charge is 2.28. The van der Waals surface area contributed by atoms with Crippen LogP contribution in [0.2, 0.25) is 0 Å². The quantitative estimate of drug-likeness (QED) is 0.890. The molecular formula is C17H25N3O2. The molecule has 1 aromatic rings. The first-order valence-electron chi connectivity index (χ1n) is 7.85. The number of nitrogens with two attached hydrogens (primary N) is 1. The van der Waals surface area contributed by atoms with E-state index in [1.807, 2.05) is 29.2 Å². The number of hydrogen-bond acceptors (Lipinski definition) is 3. The van der Waals surface area contributed by atoms with Crippen LogP contribution in [0.25, 0.3) is 0 Å². The van der Waals surface area contributed by atoms with Crippen molar-refractivity contribution in [2.45, 2.75) is 39.2 Å². The number of rotatable bonds is 4. The van der Waals surface area contributed by atoms with Gasteiger partial charge in [0.25, 0.3) is 0 Å². The maximum atomic E-state index is 12.5. The average molecular weight is 303 g/mol. The van der Waals surface area contributed by atoms with Gasteiger partial charge >= 0.3 is 0 Å². The predicted molar refractivity (Wildman–Crippen MR) is 87.4 cm³/mol. The molecule has 5 heteroatoms. The molecule has 1 saturated heterocycles. The van der Waals surface area contributed by atoms with Gasteiger partial charge in [-0.15, -0.1) is 0 Å². The van der Waals surface area contributed by atoms with Gasteiger partial charge in [0, 0.05) is 31.7 Å². The van der Waals surface area contributed by atoms with Crippen LogP contribution in [0.5, 0.6) is 0 Å². The largest absolute Gasteiger partial charge is 0.338 e. The van der Waals surface area contributed by atoms with E-state index in [9.17, 15) is 9.59 Å². The summed E-state index contributed by atoms with van der Waals surface area (Å²) in [5, 5.41) is 2.72. The number of carbonyl (C=O) groups excluding carboxylic acids is 2. The van der Waals surface area contributed by atoms with Crippen molar-refractivity contribution in [3.8, 4) is 0 Å². The van der Waals surface area contributed by atoms with E-state index in [1.165, 1.54) is 6.92 Å². The minimum Gasteiger partial charge on any atom is -0.338 e. The molecule has 0 saturated carbocycles. The molecular weight excluding hydrogens is 278 g/mol. The first-order chi connectivity index (χ1) is 10.5. The van der Waals surface area contributed by atoms with Crippen LogP contribution in [0.15, 0.2) is 24.3 Å². The first kappa shape index (κ1) is 16.5. The van der Waals surface area contributed by atoms with Crippen LogP contribution in [0.4, 0.5) is 5.69 Å². The predicted octanol–water partition coefficient (Wildman–Crippen LogP) is 1.77. The molecule has 0 aliphatic carbocycles. The van der Waals surface area contributed by atoms with Crippen molar-refractivity contribution in [1.29, 1.82) is 0 Å². The van der Waals surface area contributed by atoms with Crippen LogP contribution in [0.1, 0.15) is 32.3 Å². The van der Waals surface area contributed by atoms with Crippen LogP contribution < -0.4 is 11.1 Å². The number of piperidine rings is 1. The summed E-state index contributed by atoms with van der Waals surface area (Å²) in [5.74, 6) is 0.668. The molecule has 2 rings (SSSR count). The fourth-order valence-corrected chi connectivity index (χ4v) is 2.99. The van der Waals surface area contributed by atoms with Crippen LogP contribution >= 0.6 is 0 Å². The van der Waals surface area contributed by atoms with Crippen molar-refractivity contribution >= 4 is 17.5 Å². The van der Waals surface area contributed by atoms with Crippen LogP contribution in [-0.4, -0.2) is 35.8 Å². The Morgan fingerprint density at radius 1 is 1.32 bits per heavy atom. The zero-order chi connectivity index (χ0) is 16.1. The molecule has 1 aliphatic heterocycles. The molecule has 3 N–H and O–H groups in total. The zero-order valence-corrected chi connectivity index (χ0v) is 13.3. The summed E-state index contributed by atoms with van der Waals surface area (Å²) >= 11 is 0. The fraction of sp³-hybridized carbons (Fsp3) is 0.529. The molecule has 2 atom stereocenters. The molecule has 120 valence electrons. The standard InChI is InChI=1S/C17H25N3O2/c1-12-7-8-20(16(9-12)11-18)17(22)10-14-3-5-15(6-4-14)19-13(2)21/h3-6,12,16H,7-11,18H2,1-2H3,(H,19,21). The average Bonchev–Trinajstić information content (AvgIpc) is 2.48. The summed E-state index contributed by atoms with van der Waals surface area (Å²) in [6.07, 6.45) is 2.42. The molecule has 2 unspecified atom stereocenters. The Morgan fingerprint density at radius 3 is 2.59 bits per heavy atom. The molecule has 1 aromatic carbocycles. The lowest BCUT2D eigenvalue weighted by Crippen LogP contribution is -2.49. The maximum Gasteiger partial charge on any atom is 0.227 e. The summed E-state index contributed by atoms with van der Waals surface area (Å²) in [4.78, 5) is 25.4. The highest BCUT2D eigenvalue weighted by atomic mass is 16.2. The number of amides is 2.